The van der Waals surface area contributed by atoms with E-state index in [0.717, 1.165) is 39.3 Å². The van der Waals surface area contributed by atoms with Crippen molar-refractivity contribution in [3.8, 4) is 0 Å². The number of nitrogens with zero attached hydrogens (tertiary/aromatic N) is 2. The molecule has 0 amide bonds. The van der Waals surface area contributed by atoms with Crippen molar-refractivity contribution in [3.05, 3.63) is 0 Å². The summed E-state index contributed by atoms with van der Waals surface area (Å²) >= 11 is 0. The molecule has 3 fully saturated rings. The molecule has 3 saturated heterocycles. The molecule has 0 N–H and O–H groups in total. The van der Waals surface area contributed by atoms with Gasteiger partial charge < -0.3 is 17.3 Å². The second-order valence-electron chi connectivity index (χ2n) is 4.30. The molecule has 4 nitrogen and oxygen atoms in total. The summed E-state index contributed by atoms with van der Waals surface area (Å²) in [6.07, 6.45) is 1.37. The summed E-state index contributed by atoms with van der Waals surface area (Å²) in [5.74, 6) is 0. The third-order valence-corrected chi connectivity index (χ3v) is 5.13. The molecule has 0 aliphatic carbocycles. The smallest absolute Gasteiger partial charge is 0.418 e. The molecule has 3 aliphatic heterocycles. The summed E-state index contributed by atoms with van der Waals surface area (Å²) < 4.78 is 62.4. The molecular formula is C7H15BF4N2O2S. The van der Waals surface area contributed by atoms with Gasteiger partial charge in [0.05, 0.1) is 6.26 Å². The number of hydrogen-bond acceptors (Lipinski definition) is 3. The molecule has 10 heteroatoms. The maximum atomic E-state index is 11.5. The summed E-state index contributed by atoms with van der Waals surface area (Å²) in [5, 5.41) is 0. The van der Waals surface area contributed by atoms with Crippen molar-refractivity contribution in [2.24, 2.45) is 0 Å². The third kappa shape index (κ3) is 4.11. The van der Waals surface area contributed by atoms with E-state index in [1.54, 1.807) is 0 Å². The summed E-state index contributed by atoms with van der Waals surface area (Å²) in [4.78, 5) is 2.34. The van der Waals surface area contributed by atoms with Gasteiger partial charge in [0.1, 0.15) is 19.6 Å². The summed E-state index contributed by atoms with van der Waals surface area (Å²) in [7, 11) is -8.89. The molecule has 0 aromatic rings. The molecule has 0 spiro atoms. The molecule has 0 radical (unpaired) electrons. The lowest BCUT2D eigenvalue weighted by atomic mass is 10.2. The molecule has 102 valence electrons. The Hall–Kier alpha value is -0.345. The van der Waals surface area contributed by atoms with Crippen molar-refractivity contribution in [2.75, 3.05) is 45.5 Å². The summed E-state index contributed by atoms with van der Waals surface area (Å²) in [6.45, 7) is 5.23. The van der Waals surface area contributed by atoms with E-state index in [4.69, 9.17) is 0 Å². The van der Waals surface area contributed by atoms with Crippen LogP contribution in [0.1, 0.15) is 0 Å². The Bertz CT molecular complexity index is 345. The summed E-state index contributed by atoms with van der Waals surface area (Å²) in [5.41, 5.74) is 0. The van der Waals surface area contributed by atoms with Crippen LogP contribution in [0.25, 0.3) is 0 Å². The maximum Gasteiger partial charge on any atom is 0.673 e. The Kier molecular flexibility index (Phi) is 4.10. The minimum Gasteiger partial charge on any atom is -0.418 e. The van der Waals surface area contributed by atoms with Crippen LogP contribution in [-0.4, -0.2) is 70.0 Å². The zero-order valence-corrected chi connectivity index (χ0v) is 10.3. The van der Waals surface area contributed by atoms with Crippen LogP contribution in [0, 0.1) is 0 Å². The molecular weight excluding hydrogens is 263 g/mol. The Labute approximate surface area is 97.9 Å². The molecule has 3 aliphatic rings. The minimum atomic E-state index is -6.00. The molecule has 2 bridgehead atoms. The fourth-order valence-corrected chi connectivity index (χ4v) is 3.38. The van der Waals surface area contributed by atoms with E-state index >= 15 is 0 Å². The van der Waals surface area contributed by atoms with Gasteiger partial charge in [-0.05, 0) is 0 Å². The topological polar surface area (TPSA) is 37.4 Å². The van der Waals surface area contributed by atoms with E-state index in [1.807, 2.05) is 0 Å². The van der Waals surface area contributed by atoms with Crippen LogP contribution in [0.2, 0.25) is 0 Å². The van der Waals surface area contributed by atoms with Crippen LogP contribution >= 0.6 is 0 Å². The van der Waals surface area contributed by atoms with Gasteiger partial charge >= 0.3 is 7.25 Å². The molecule has 3 heterocycles. The number of fused-ring (bicyclic) bond motifs is 3. The molecule has 17 heavy (non-hydrogen) atoms. The molecule has 0 aromatic heterocycles. The van der Waals surface area contributed by atoms with Crippen molar-refractivity contribution < 1.29 is 29.6 Å². The quantitative estimate of drug-likeness (QED) is 0.395. The maximum absolute atomic E-state index is 11.5. The first-order valence-electron chi connectivity index (χ1n) is 5.19. The lowest BCUT2D eigenvalue weighted by molar-refractivity contribution is -0.823. The van der Waals surface area contributed by atoms with E-state index in [1.165, 1.54) is 6.26 Å². The van der Waals surface area contributed by atoms with Crippen LogP contribution in [0.3, 0.4) is 0 Å². The minimum absolute atomic E-state index is 0.337. The third-order valence-electron chi connectivity index (χ3n) is 3.17. The lowest BCUT2D eigenvalue weighted by Crippen LogP contribution is -2.68. The predicted molar refractivity (Wildman–Crippen MR) is 56.3 cm³/mol. The van der Waals surface area contributed by atoms with Crippen LogP contribution in [0.4, 0.5) is 17.3 Å². The zero-order valence-electron chi connectivity index (χ0n) is 9.45. The first-order chi connectivity index (χ1) is 7.54. The van der Waals surface area contributed by atoms with Crippen molar-refractivity contribution in [2.45, 2.75) is 0 Å². The Morgan fingerprint density at radius 1 is 1.00 bits per heavy atom. The number of sulfonamides is 1. The van der Waals surface area contributed by atoms with Gasteiger partial charge in [0.2, 0.25) is 0 Å². The van der Waals surface area contributed by atoms with E-state index in [-0.39, 0.29) is 0 Å². The van der Waals surface area contributed by atoms with Gasteiger partial charge in [-0.25, -0.2) is 3.89 Å². The highest BCUT2D eigenvalue weighted by Gasteiger charge is 2.45. The first-order valence-corrected chi connectivity index (χ1v) is 7.04. The van der Waals surface area contributed by atoms with Gasteiger partial charge in [-0.1, -0.05) is 0 Å². The lowest BCUT2D eigenvalue weighted by Gasteiger charge is -2.47. The van der Waals surface area contributed by atoms with Gasteiger partial charge in [-0.15, -0.1) is 0 Å². The highest BCUT2D eigenvalue weighted by molar-refractivity contribution is 7.85. The van der Waals surface area contributed by atoms with Crippen molar-refractivity contribution in [1.29, 1.82) is 0 Å². The number of piperazine rings is 3. The second-order valence-corrected chi connectivity index (χ2v) is 6.54. The average Bonchev–Trinajstić information content (AvgIpc) is 2.16. The molecule has 0 atom stereocenters. The number of rotatable bonds is 1. The van der Waals surface area contributed by atoms with Crippen LogP contribution in [-0.2, 0) is 10.0 Å². The van der Waals surface area contributed by atoms with Crippen LogP contribution in [0.15, 0.2) is 0 Å². The largest absolute Gasteiger partial charge is 0.673 e. The Morgan fingerprint density at radius 3 is 1.47 bits per heavy atom. The molecule has 3 rings (SSSR count). The standard InChI is InChI=1S/C7H15N2O2S.BF4/c1-12(10,11)9-5-2-8(3-6-9)4-7-9;2-1(3,4)5/h2-7H2,1H3;/q+1;-1. The van der Waals surface area contributed by atoms with Crippen LogP contribution in [0.5, 0.6) is 0 Å². The predicted octanol–water partition coefficient (Wildman–Crippen LogP) is 0.392. The number of hydrogen-bond donors (Lipinski definition) is 0. The van der Waals surface area contributed by atoms with E-state index < -0.39 is 17.3 Å². The Balaban J connectivity index is 0.000000249. The monoisotopic (exact) mass is 278 g/mol. The molecule has 0 unspecified atom stereocenters. The first kappa shape index (κ1) is 14.7. The normalized spacial score (nSPS) is 32.9. The van der Waals surface area contributed by atoms with Crippen molar-refractivity contribution >= 4 is 17.3 Å². The van der Waals surface area contributed by atoms with Gasteiger partial charge in [-0.3, -0.25) is 4.90 Å². The SMILES string of the molecule is CS(=O)(=O)[N+]12CCN(CC1)CC2.F[B-](F)(F)F. The second kappa shape index (κ2) is 4.73. The van der Waals surface area contributed by atoms with Gasteiger partial charge in [0, 0.05) is 19.6 Å². The fraction of sp³-hybridized carbons (Fsp3) is 1.00. The van der Waals surface area contributed by atoms with E-state index in [9.17, 15) is 25.7 Å². The molecule has 0 aromatic carbocycles. The van der Waals surface area contributed by atoms with E-state index in [0.29, 0.717) is 3.89 Å². The highest BCUT2D eigenvalue weighted by Crippen LogP contribution is 2.23. The van der Waals surface area contributed by atoms with Gasteiger partial charge in [0.25, 0.3) is 10.0 Å². The average molecular weight is 278 g/mol. The number of quaternary nitrogens is 1. The zero-order chi connectivity index (χ0) is 13.3. The van der Waals surface area contributed by atoms with Crippen molar-refractivity contribution in [1.82, 2.24) is 4.90 Å². The van der Waals surface area contributed by atoms with E-state index in [2.05, 4.69) is 4.90 Å². The Morgan fingerprint density at radius 2 is 1.29 bits per heavy atom. The summed E-state index contributed by atoms with van der Waals surface area (Å²) in [6, 6.07) is 0. The van der Waals surface area contributed by atoms with Gasteiger partial charge in [-0.2, -0.15) is 8.42 Å². The number of halogens is 4. The molecule has 0 saturated carbocycles. The van der Waals surface area contributed by atoms with Gasteiger partial charge in [0.15, 0.2) is 0 Å². The fourth-order valence-electron chi connectivity index (χ4n) is 2.14. The van der Waals surface area contributed by atoms with Crippen molar-refractivity contribution in [3.63, 3.8) is 0 Å². The highest BCUT2D eigenvalue weighted by atomic mass is 32.2. The van der Waals surface area contributed by atoms with Crippen LogP contribution < -0.4 is 0 Å².